The third-order valence-corrected chi connectivity index (χ3v) is 5.15. The van der Waals surface area contributed by atoms with E-state index in [1.165, 1.54) is 5.56 Å². The van der Waals surface area contributed by atoms with E-state index in [1.54, 1.807) is 22.5 Å². The van der Waals surface area contributed by atoms with E-state index in [-0.39, 0.29) is 11.7 Å². The van der Waals surface area contributed by atoms with Gasteiger partial charge in [0.25, 0.3) is 11.7 Å². The van der Waals surface area contributed by atoms with Crippen molar-refractivity contribution in [3.05, 3.63) is 83.9 Å². The van der Waals surface area contributed by atoms with E-state index in [4.69, 9.17) is 0 Å². The third-order valence-electron chi connectivity index (χ3n) is 4.01. The molecule has 0 aliphatic carbocycles. The van der Waals surface area contributed by atoms with E-state index in [1.807, 2.05) is 55.5 Å². The molecule has 0 aliphatic rings. The zero-order valence-corrected chi connectivity index (χ0v) is 15.5. The molecule has 4 aromatic rings. The molecule has 0 atom stereocenters. The van der Waals surface area contributed by atoms with Crippen molar-refractivity contribution in [1.29, 1.82) is 0 Å². The first kappa shape index (κ1) is 17.2. The van der Waals surface area contributed by atoms with Crippen molar-refractivity contribution in [2.75, 3.05) is 5.32 Å². The molecule has 7 heteroatoms. The molecule has 0 bridgehead atoms. The SMILES string of the molecule is Cc1ccnc2nc(C(=O)Nc3ccccc3SCc3ccccc3)nn12. The Morgan fingerprint density at radius 2 is 1.85 bits per heavy atom. The van der Waals surface area contributed by atoms with E-state index >= 15 is 0 Å². The van der Waals surface area contributed by atoms with E-state index in [2.05, 4.69) is 32.5 Å². The summed E-state index contributed by atoms with van der Waals surface area (Å²) in [4.78, 5) is 22.0. The summed E-state index contributed by atoms with van der Waals surface area (Å²) in [6, 6.07) is 19.8. The fourth-order valence-corrected chi connectivity index (χ4v) is 3.58. The zero-order chi connectivity index (χ0) is 18.6. The molecule has 134 valence electrons. The van der Waals surface area contributed by atoms with Crippen LogP contribution in [0.3, 0.4) is 0 Å². The minimum absolute atomic E-state index is 0.0969. The summed E-state index contributed by atoms with van der Waals surface area (Å²) < 4.78 is 1.56. The summed E-state index contributed by atoms with van der Waals surface area (Å²) >= 11 is 1.67. The fraction of sp³-hybridized carbons (Fsp3) is 0.100. The summed E-state index contributed by atoms with van der Waals surface area (Å²) in [5, 5.41) is 7.17. The topological polar surface area (TPSA) is 72.2 Å². The Bertz CT molecular complexity index is 1090. The Labute approximate surface area is 160 Å². The Balaban J connectivity index is 1.53. The Hall–Kier alpha value is -3.19. The van der Waals surface area contributed by atoms with Crippen LogP contribution in [0.2, 0.25) is 0 Å². The fourth-order valence-electron chi connectivity index (χ4n) is 2.61. The van der Waals surface area contributed by atoms with Gasteiger partial charge in [0.2, 0.25) is 5.82 Å². The number of nitrogens with one attached hydrogen (secondary N) is 1. The lowest BCUT2D eigenvalue weighted by Gasteiger charge is -2.09. The molecule has 0 spiro atoms. The lowest BCUT2D eigenvalue weighted by atomic mass is 10.2. The Kier molecular flexibility index (Phi) is 4.84. The quantitative estimate of drug-likeness (QED) is 0.534. The molecule has 0 aliphatic heterocycles. The van der Waals surface area contributed by atoms with E-state index in [9.17, 15) is 4.79 Å². The standard InChI is InChI=1S/C20H17N5OS/c1-14-11-12-21-20-23-18(24-25(14)20)19(26)22-16-9-5-6-10-17(16)27-13-15-7-3-2-4-8-15/h2-12H,13H2,1H3,(H,22,26). The van der Waals surface area contributed by atoms with Gasteiger partial charge < -0.3 is 5.32 Å². The van der Waals surface area contributed by atoms with Crippen LogP contribution in [0, 0.1) is 6.92 Å². The number of anilines is 1. The lowest BCUT2D eigenvalue weighted by Crippen LogP contribution is -2.14. The number of thioether (sulfide) groups is 1. The lowest BCUT2D eigenvalue weighted by molar-refractivity contribution is 0.101. The van der Waals surface area contributed by atoms with E-state index < -0.39 is 0 Å². The number of carbonyl (C=O) groups excluding carboxylic acids is 1. The van der Waals surface area contributed by atoms with Gasteiger partial charge in [0.15, 0.2) is 0 Å². The van der Waals surface area contributed by atoms with Gasteiger partial charge in [-0.25, -0.2) is 9.50 Å². The number of benzene rings is 2. The number of carbonyl (C=O) groups is 1. The number of nitrogens with zero attached hydrogens (tertiary/aromatic N) is 4. The highest BCUT2D eigenvalue weighted by molar-refractivity contribution is 7.98. The Morgan fingerprint density at radius 1 is 1.07 bits per heavy atom. The highest BCUT2D eigenvalue weighted by Crippen LogP contribution is 2.30. The molecule has 1 N–H and O–H groups in total. The average molecular weight is 375 g/mol. The molecule has 2 aromatic heterocycles. The number of amides is 1. The molecule has 2 heterocycles. The monoisotopic (exact) mass is 375 g/mol. The summed E-state index contributed by atoms with van der Waals surface area (Å²) in [6.07, 6.45) is 1.65. The highest BCUT2D eigenvalue weighted by atomic mass is 32.2. The van der Waals surface area contributed by atoms with Gasteiger partial charge in [0.1, 0.15) is 0 Å². The third kappa shape index (κ3) is 3.83. The van der Waals surface area contributed by atoms with E-state index in [0.717, 1.165) is 22.0 Å². The summed E-state index contributed by atoms with van der Waals surface area (Å²) in [7, 11) is 0. The number of hydrogen-bond donors (Lipinski definition) is 1. The summed E-state index contributed by atoms with van der Waals surface area (Å²) in [5.41, 5.74) is 2.84. The predicted octanol–water partition coefficient (Wildman–Crippen LogP) is 3.98. The van der Waals surface area contributed by atoms with Gasteiger partial charge in [0.05, 0.1) is 5.69 Å². The first-order chi connectivity index (χ1) is 13.2. The number of para-hydroxylation sites is 1. The number of fused-ring (bicyclic) bond motifs is 1. The summed E-state index contributed by atoms with van der Waals surface area (Å²) in [6.45, 7) is 1.89. The van der Waals surface area contributed by atoms with Crippen LogP contribution < -0.4 is 5.32 Å². The molecule has 27 heavy (non-hydrogen) atoms. The van der Waals surface area contributed by atoms with Gasteiger partial charge in [-0.2, -0.15) is 4.98 Å². The van der Waals surface area contributed by atoms with Gasteiger partial charge in [0, 0.05) is 22.5 Å². The second kappa shape index (κ2) is 7.59. The van der Waals surface area contributed by atoms with Crippen LogP contribution in [-0.2, 0) is 5.75 Å². The molecular weight excluding hydrogens is 358 g/mol. The van der Waals surface area contributed by atoms with Crippen LogP contribution in [0.25, 0.3) is 5.78 Å². The van der Waals surface area contributed by atoms with Gasteiger partial charge in [-0.05, 0) is 30.7 Å². The number of aromatic nitrogens is 4. The number of rotatable bonds is 5. The largest absolute Gasteiger partial charge is 0.318 e. The second-order valence-electron chi connectivity index (χ2n) is 5.96. The van der Waals surface area contributed by atoms with Crippen molar-refractivity contribution >= 4 is 29.1 Å². The minimum atomic E-state index is -0.354. The number of aryl methyl sites for hydroxylation is 1. The van der Waals surface area contributed by atoms with Gasteiger partial charge >= 0.3 is 0 Å². The van der Waals surface area contributed by atoms with Gasteiger partial charge in [-0.15, -0.1) is 16.9 Å². The maximum atomic E-state index is 12.6. The van der Waals surface area contributed by atoms with Crippen LogP contribution in [0.5, 0.6) is 0 Å². The van der Waals surface area contributed by atoms with Crippen LogP contribution in [0.4, 0.5) is 5.69 Å². The van der Waals surface area contributed by atoms with Crippen LogP contribution in [-0.4, -0.2) is 25.5 Å². The van der Waals surface area contributed by atoms with Crippen molar-refractivity contribution in [2.45, 2.75) is 17.6 Å². The van der Waals surface area contributed by atoms with Crippen molar-refractivity contribution < 1.29 is 4.79 Å². The molecule has 0 saturated heterocycles. The average Bonchev–Trinajstić information content (AvgIpc) is 3.14. The molecule has 2 aromatic carbocycles. The molecular formula is C20H17N5OS. The molecule has 0 saturated carbocycles. The second-order valence-corrected chi connectivity index (χ2v) is 6.98. The van der Waals surface area contributed by atoms with Crippen molar-refractivity contribution in [3.8, 4) is 0 Å². The first-order valence-corrected chi connectivity index (χ1v) is 9.45. The van der Waals surface area contributed by atoms with Crippen molar-refractivity contribution in [3.63, 3.8) is 0 Å². The van der Waals surface area contributed by atoms with Gasteiger partial charge in [-0.3, -0.25) is 4.79 Å². The molecule has 1 amide bonds. The van der Waals surface area contributed by atoms with Crippen molar-refractivity contribution in [2.24, 2.45) is 0 Å². The Morgan fingerprint density at radius 3 is 2.67 bits per heavy atom. The summed E-state index contributed by atoms with van der Waals surface area (Å²) in [5.74, 6) is 0.975. The molecule has 4 rings (SSSR count). The molecule has 6 nitrogen and oxygen atoms in total. The van der Waals surface area contributed by atoms with Crippen molar-refractivity contribution in [1.82, 2.24) is 19.6 Å². The van der Waals surface area contributed by atoms with E-state index in [0.29, 0.717) is 5.78 Å². The molecule has 0 fully saturated rings. The minimum Gasteiger partial charge on any atom is -0.318 e. The van der Waals surface area contributed by atoms with Gasteiger partial charge in [-0.1, -0.05) is 42.5 Å². The zero-order valence-electron chi connectivity index (χ0n) is 14.7. The predicted molar refractivity (Wildman–Crippen MR) is 106 cm³/mol. The van der Waals surface area contributed by atoms with Crippen LogP contribution in [0.15, 0.2) is 71.8 Å². The first-order valence-electron chi connectivity index (χ1n) is 8.46. The highest BCUT2D eigenvalue weighted by Gasteiger charge is 2.16. The van der Waals surface area contributed by atoms with Crippen LogP contribution >= 0.6 is 11.8 Å². The normalized spacial score (nSPS) is 10.9. The molecule has 0 unspecified atom stereocenters. The molecule has 0 radical (unpaired) electrons. The number of hydrogen-bond acceptors (Lipinski definition) is 5. The van der Waals surface area contributed by atoms with Crippen LogP contribution in [0.1, 0.15) is 21.9 Å². The smallest absolute Gasteiger partial charge is 0.295 e. The maximum Gasteiger partial charge on any atom is 0.295 e. The maximum absolute atomic E-state index is 12.6.